The molecule has 4 fully saturated rings. The van der Waals surface area contributed by atoms with E-state index in [0.29, 0.717) is 23.1 Å². The van der Waals surface area contributed by atoms with Crippen molar-refractivity contribution in [2.24, 2.45) is 17.8 Å². The molecule has 6 unspecified atom stereocenters. The Morgan fingerprint density at radius 2 is 1.91 bits per heavy atom. The van der Waals surface area contributed by atoms with E-state index >= 15 is 0 Å². The van der Waals surface area contributed by atoms with Crippen molar-refractivity contribution in [3.63, 3.8) is 0 Å². The van der Waals surface area contributed by atoms with E-state index in [0.717, 1.165) is 58.0 Å². The minimum atomic E-state index is -0.581. The van der Waals surface area contributed by atoms with Crippen LogP contribution in [0.3, 0.4) is 0 Å². The smallest absolute Gasteiger partial charge is 0.225 e. The molecule has 2 heterocycles. The number of carbonyl (C=O) groups excluding carboxylic acids is 1. The number of hydrogen-bond donors (Lipinski definition) is 3. The van der Waals surface area contributed by atoms with Gasteiger partial charge in [-0.3, -0.25) is 10.1 Å². The molecule has 4 aliphatic rings. The quantitative estimate of drug-likeness (QED) is 0.719. The third kappa shape index (κ3) is 3.40. The highest BCUT2D eigenvalue weighted by Gasteiger charge is 2.47. The summed E-state index contributed by atoms with van der Waals surface area (Å²) < 4.78 is 13.7. The molecule has 6 atom stereocenters. The lowest BCUT2D eigenvalue weighted by Gasteiger charge is -2.42. The molecule has 130 valence electrons. The molecule has 2 aliphatic heterocycles. The Morgan fingerprint density at radius 1 is 1.09 bits per heavy atom. The molecular weight excluding hydrogens is 313 g/mol. The van der Waals surface area contributed by atoms with E-state index in [1.165, 1.54) is 0 Å². The zero-order valence-electron chi connectivity index (χ0n) is 13.6. The number of hydrogen-bond acceptors (Lipinski definition) is 4. The topological polar surface area (TPSA) is 53.2 Å². The number of rotatable bonds is 2. The lowest BCUT2D eigenvalue weighted by molar-refractivity contribution is -0.126. The SMILES string of the molecule is O=C(NC1NC2CCC3CC(F)CCC3C2S1)C1CCNCC1. The molecule has 6 heteroatoms. The highest BCUT2D eigenvalue weighted by atomic mass is 32.2. The fourth-order valence-corrected chi connectivity index (χ4v) is 6.74. The van der Waals surface area contributed by atoms with Crippen LogP contribution in [0.4, 0.5) is 4.39 Å². The van der Waals surface area contributed by atoms with Crippen molar-refractivity contribution in [1.29, 1.82) is 0 Å². The number of nitrogens with one attached hydrogen (secondary N) is 3. The van der Waals surface area contributed by atoms with Gasteiger partial charge in [0, 0.05) is 17.2 Å². The highest BCUT2D eigenvalue weighted by molar-refractivity contribution is 8.00. The Hall–Kier alpha value is -0.330. The van der Waals surface area contributed by atoms with E-state index in [4.69, 9.17) is 0 Å². The van der Waals surface area contributed by atoms with Gasteiger partial charge in [0.05, 0.1) is 0 Å². The molecule has 2 saturated heterocycles. The molecule has 4 nitrogen and oxygen atoms in total. The van der Waals surface area contributed by atoms with Crippen LogP contribution in [0.2, 0.25) is 0 Å². The summed E-state index contributed by atoms with van der Waals surface area (Å²) in [5.41, 5.74) is 0.0502. The molecule has 1 amide bonds. The van der Waals surface area contributed by atoms with Gasteiger partial charge in [0.25, 0.3) is 0 Å². The van der Waals surface area contributed by atoms with E-state index in [1.54, 1.807) is 0 Å². The average Bonchev–Trinajstić information content (AvgIpc) is 2.98. The van der Waals surface area contributed by atoms with Gasteiger partial charge in [0.1, 0.15) is 11.7 Å². The van der Waals surface area contributed by atoms with Crippen molar-refractivity contribution in [2.75, 3.05) is 13.1 Å². The fourth-order valence-electron chi connectivity index (χ4n) is 5.02. The van der Waals surface area contributed by atoms with Crippen LogP contribution in [0.1, 0.15) is 44.9 Å². The van der Waals surface area contributed by atoms with Crippen LogP contribution >= 0.6 is 11.8 Å². The van der Waals surface area contributed by atoms with Crippen LogP contribution in [0.25, 0.3) is 0 Å². The second-order valence-corrected chi connectivity index (χ2v) is 8.99. The summed E-state index contributed by atoms with van der Waals surface area (Å²) >= 11 is 1.89. The maximum absolute atomic E-state index is 13.7. The molecule has 0 aromatic carbocycles. The highest BCUT2D eigenvalue weighted by Crippen LogP contribution is 2.48. The number of amides is 1. The molecule has 4 rings (SSSR count). The minimum Gasteiger partial charge on any atom is -0.332 e. The van der Waals surface area contributed by atoms with Gasteiger partial charge in [-0.25, -0.2) is 4.39 Å². The number of piperidine rings is 1. The average molecular weight is 341 g/mol. The van der Waals surface area contributed by atoms with Gasteiger partial charge in [-0.05, 0) is 69.9 Å². The Bertz CT molecular complexity index is 446. The first-order valence-electron chi connectivity index (χ1n) is 9.27. The molecule has 0 spiro atoms. The van der Waals surface area contributed by atoms with Crippen LogP contribution in [0, 0.1) is 17.8 Å². The van der Waals surface area contributed by atoms with Crippen molar-refractivity contribution in [2.45, 2.75) is 67.9 Å². The molecule has 2 aliphatic carbocycles. The second kappa shape index (κ2) is 6.89. The zero-order valence-corrected chi connectivity index (χ0v) is 14.4. The summed E-state index contributed by atoms with van der Waals surface area (Å²) in [6, 6.07) is 0.496. The number of thioether (sulfide) groups is 1. The fraction of sp³-hybridized carbons (Fsp3) is 0.941. The number of carbonyl (C=O) groups is 1. The summed E-state index contributed by atoms with van der Waals surface area (Å²) in [4.78, 5) is 12.4. The largest absolute Gasteiger partial charge is 0.332 e. The van der Waals surface area contributed by atoms with Gasteiger partial charge in [-0.2, -0.15) is 0 Å². The first-order chi connectivity index (χ1) is 11.2. The summed E-state index contributed by atoms with van der Waals surface area (Å²) in [6.45, 7) is 1.89. The van der Waals surface area contributed by atoms with E-state index in [9.17, 15) is 9.18 Å². The maximum Gasteiger partial charge on any atom is 0.225 e. The van der Waals surface area contributed by atoms with Gasteiger partial charge in [0.15, 0.2) is 0 Å². The maximum atomic E-state index is 13.7. The first-order valence-corrected chi connectivity index (χ1v) is 10.2. The normalized spacial score (nSPS) is 44.4. The predicted molar refractivity (Wildman–Crippen MR) is 90.8 cm³/mol. The summed E-state index contributed by atoms with van der Waals surface area (Å²) in [7, 11) is 0. The molecule has 2 saturated carbocycles. The van der Waals surface area contributed by atoms with Crippen molar-refractivity contribution < 1.29 is 9.18 Å². The minimum absolute atomic E-state index is 0.0502. The second-order valence-electron chi connectivity index (χ2n) is 7.70. The summed E-state index contributed by atoms with van der Waals surface area (Å²) in [5, 5.41) is 10.7. The van der Waals surface area contributed by atoms with Crippen molar-refractivity contribution in [3.05, 3.63) is 0 Å². The van der Waals surface area contributed by atoms with Crippen LogP contribution in [0.5, 0.6) is 0 Å². The van der Waals surface area contributed by atoms with Gasteiger partial charge < -0.3 is 10.6 Å². The molecule has 23 heavy (non-hydrogen) atoms. The van der Waals surface area contributed by atoms with E-state index < -0.39 is 6.17 Å². The Kier molecular flexibility index (Phi) is 4.84. The van der Waals surface area contributed by atoms with E-state index in [-0.39, 0.29) is 17.3 Å². The molecule has 0 aromatic rings. The molecule has 3 N–H and O–H groups in total. The monoisotopic (exact) mass is 341 g/mol. The van der Waals surface area contributed by atoms with Gasteiger partial charge in [-0.1, -0.05) is 0 Å². The van der Waals surface area contributed by atoms with Crippen molar-refractivity contribution >= 4 is 17.7 Å². The van der Waals surface area contributed by atoms with Crippen LogP contribution in [-0.2, 0) is 4.79 Å². The third-order valence-corrected chi connectivity index (χ3v) is 7.80. The van der Waals surface area contributed by atoms with Crippen LogP contribution in [0.15, 0.2) is 0 Å². The predicted octanol–water partition coefficient (Wildman–Crippen LogP) is 2.01. The van der Waals surface area contributed by atoms with E-state index in [2.05, 4.69) is 16.0 Å². The number of halogens is 1. The van der Waals surface area contributed by atoms with Gasteiger partial charge in [0.2, 0.25) is 5.91 Å². The van der Waals surface area contributed by atoms with Crippen molar-refractivity contribution in [1.82, 2.24) is 16.0 Å². The van der Waals surface area contributed by atoms with Crippen LogP contribution < -0.4 is 16.0 Å². The zero-order chi connectivity index (χ0) is 15.8. The van der Waals surface area contributed by atoms with Crippen LogP contribution in [-0.4, -0.2) is 42.0 Å². The molecule has 0 aromatic heterocycles. The number of fused-ring (bicyclic) bond motifs is 3. The lowest BCUT2D eigenvalue weighted by Crippen LogP contribution is -2.49. The first kappa shape index (κ1) is 16.2. The number of alkyl halides is 1. The summed E-state index contributed by atoms with van der Waals surface area (Å²) in [5.74, 6) is 1.57. The van der Waals surface area contributed by atoms with Crippen molar-refractivity contribution in [3.8, 4) is 0 Å². The standard InChI is InChI=1S/C17H28FN3OS/c18-12-2-3-13-11(9-12)1-4-14-15(13)23-17(20-14)21-16(22)10-5-7-19-8-6-10/h10-15,17,19-20H,1-9H2,(H,21,22). The lowest BCUT2D eigenvalue weighted by atomic mass is 9.68. The van der Waals surface area contributed by atoms with Gasteiger partial charge in [-0.15, -0.1) is 11.8 Å². The molecular formula is C17H28FN3OS. The van der Waals surface area contributed by atoms with Gasteiger partial charge >= 0.3 is 0 Å². The summed E-state index contributed by atoms with van der Waals surface area (Å²) in [6.07, 6.45) is 6.11. The Labute approximate surface area is 142 Å². The Balaban J connectivity index is 1.34. The molecule has 0 bridgehead atoms. The molecule has 0 radical (unpaired) electrons. The van der Waals surface area contributed by atoms with E-state index in [1.807, 2.05) is 11.8 Å². The third-order valence-electron chi connectivity index (χ3n) is 6.29. The Morgan fingerprint density at radius 3 is 2.74 bits per heavy atom.